The fraction of sp³-hybridized carbons (Fsp3) is 0.435. The second-order valence-electron chi connectivity index (χ2n) is 7.38. The molecule has 2 aromatic carbocycles. The Bertz CT molecular complexity index is 688. The van der Waals surface area contributed by atoms with Crippen LogP contribution in [0.4, 0.5) is 0 Å². The Labute approximate surface area is 157 Å². The van der Waals surface area contributed by atoms with Crippen LogP contribution in [-0.2, 0) is 0 Å². The van der Waals surface area contributed by atoms with Crippen molar-refractivity contribution in [3.63, 3.8) is 0 Å². The van der Waals surface area contributed by atoms with E-state index in [1.165, 1.54) is 19.3 Å². The van der Waals surface area contributed by atoms with Crippen LogP contribution in [-0.4, -0.2) is 36.4 Å². The van der Waals surface area contributed by atoms with Crippen LogP contribution in [0.15, 0.2) is 54.6 Å². The van der Waals surface area contributed by atoms with Gasteiger partial charge >= 0.3 is 0 Å². The molecule has 1 fully saturated rings. The predicted octanol–water partition coefficient (Wildman–Crippen LogP) is 4.93. The molecule has 0 spiro atoms. The molecule has 3 rings (SSSR count). The van der Waals surface area contributed by atoms with E-state index in [-0.39, 0.29) is 17.8 Å². The van der Waals surface area contributed by atoms with Crippen LogP contribution in [0.1, 0.15) is 54.9 Å². The first-order chi connectivity index (χ1) is 12.6. The standard InChI is InChI=1S/C23H29NO2/c1-18(2)26-21-13-11-20(12-14-21)23(25)22(19-9-5-3-6-10-19)17-24-15-7-4-8-16-24/h3,5-6,9-14,18,22H,4,7-8,15-17H2,1-2H3/t22-/m1/s1. The Hall–Kier alpha value is -2.13. The molecule has 2 aromatic rings. The van der Waals surface area contributed by atoms with Crippen molar-refractivity contribution in [3.05, 3.63) is 65.7 Å². The van der Waals surface area contributed by atoms with Crippen molar-refractivity contribution in [2.75, 3.05) is 19.6 Å². The van der Waals surface area contributed by atoms with Gasteiger partial charge in [-0.1, -0.05) is 36.8 Å². The maximum atomic E-state index is 13.3. The topological polar surface area (TPSA) is 29.5 Å². The SMILES string of the molecule is CC(C)Oc1ccc(C(=O)[C@H](CN2CCCCC2)c2ccccc2)cc1. The van der Waals surface area contributed by atoms with E-state index in [2.05, 4.69) is 17.0 Å². The van der Waals surface area contributed by atoms with Crippen LogP contribution in [0.2, 0.25) is 0 Å². The monoisotopic (exact) mass is 351 g/mol. The molecular formula is C23H29NO2. The minimum absolute atomic E-state index is 0.119. The van der Waals surface area contributed by atoms with E-state index in [9.17, 15) is 4.79 Å². The van der Waals surface area contributed by atoms with Crippen molar-refractivity contribution in [3.8, 4) is 5.75 Å². The third-order valence-electron chi connectivity index (χ3n) is 4.92. The molecule has 1 aliphatic rings. The van der Waals surface area contributed by atoms with Crippen molar-refractivity contribution >= 4 is 5.78 Å². The van der Waals surface area contributed by atoms with Crippen LogP contribution < -0.4 is 4.74 Å². The van der Waals surface area contributed by atoms with Crippen molar-refractivity contribution in [2.45, 2.75) is 45.1 Å². The summed E-state index contributed by atoms with van der Waals surface area (Å²) < 4.78 is 5.70. The molecule has 0 unspecified atom stereocenters. The number of hydrogen-bond acceptors (Lipinski definition) is 3. The number of piperidine rings is 1. The lowest BCUT2D eigenvalue weighted by Gasteiger charge is -2.30. The summed E-state index contributed by atoms with van der Waals surface area (Å²) in [7, 11) is 0. The highest BCUT2D eigenvalue weighted by Crippen LogP contribution is 2.25. The maximum absolute atomic E-state index is 13.3. The number of hydrogen-bond donors (Lipinski definition) is 0. The maximum Gasteiger partial charge on any atom is 0.171 e. The summed E-state index contributed by atoms with van der Waals surface area (Å²) in [5.41, 5.74) is 1.86. The number of Topliss-reactive ketones (excluding diaryl/α,β-unsaturated/α-hetero) is 1. The molecule has 3 nitrogen and oxygen atoms in total. The first-order valence-corrected chi connectivity index (χ1v) is 9.71. The average molecular weight is 351 g/mol. The number of rotatable bonds is 7. The highest BCUT2D eigenvalue weighted by Gasteiger charge is 2.25. The Morgan fingerprint density at radius 2 is 1.62 bits per heavy atom. The summed E-state index contributed by atoms with van der Waals surface area (Å²) in [6.07, 6.45) is 3.90. The number of ketones is 1. The highest BCUT2D eigenvalue weighted by molar-refractivity contribution is 6.01. The Kier molecular flexibility index (Phi) is 6.45. The van der Waals surface area contributed by atoms with Gasteiger partial charge < -0.3 is 9.64 Å². The predicted molar refractivity (Wildman–Crippen MR) is 106 cm³/mol. The smallest absolute Gasteiger partial charge is 0.171 e. The number of carbonyl (C=O) groups is 1. The van der Waals surface area contributed by atoms with Crippen molar-refractivity contribution in [1.29, 1.82) is 0 Å². The van der Waals surface area contributed by atoms with Gasteiger partial charge in [-0.3, -0.25) is 4.79 Å². The first-order valence-electron chi connectivity index (χ1n) is 9.71. The van der Waals surface area contributed by atoms with Gasteiger partial charge in [0.25, 0.3) is 0 Å². The molecule has 3 heteroatoms. The Morgan fingerprint density at radius 3 is 2.23 bits per heavy atom. The number of benzene rings is 2. The van der Waals surface area contributed by atoms with E-state index < -0.39 is 0 Å². The third kappa shape index (κ3) is 4.95. The first kappa shape index (κ1) is 18.7. The highest BCUT2D eigenvalue weighted by atomic mass is 16.5. The summed E-state index contributed by atoms with van der Waals surface area (Å²) >= 11 is 0. The van der Waals surface area contributed by atoms with Gasteiger partial charge in [-0.25, -0.2) is 0 Å². The van der Waals surface area contributed by atoms with Crippen LogP contribution in [0.5, 0.6) is 5.75 Å². The quantitative estimate of drug-likeness (QED) is 0.663. The van der Waals surface area contributed by atoms with E-state index in [0.29, 0.717) is 0 Å². The lowest BCUT2D eigenvalue weighted by Crippen LogP contribution is -2.35. The zero-order valence-corrected chi connectivity index (χ0v) is 15.9. The molecule has 0 bridgehead atoms. The van der Waals surface area contributed by atoms with Crippen LogP contribution in [0.3, 0.4) is 0 Å². The molecule has 0 amide bonds. The zero-order chi connectivity index (χ0) is 18.4. The summed E-state index contributed by atoms with van der Waals surface area (Å²) in [5, 5.41) is 0. The number of ether oxygens (including phenoxy) is 1. The van der Waals surface area contributed by atoms with E-state index >= 15 is 0 Å². The van der Waals surface area contributed by atoms with Crippen molar-refractivity contribution in [2.24, 2.45) is 0 Å². The van der Waals surface area contributed by atoms with Gasteiger partial charge in [-0.15, -0.1) is 0 Å². The van der Waals surface area contributed by atoms with Gasteiger partial charge in [0.2, 0.25) is 0 Å². The summed E-state index contributed by atoms with van der Waals surface area (Å²) in [6, 6.07) is 17.8. The van der Waals surface area contributed by atoms with Crippen LogP contribution in [0.25, 0.3) is 0 Å². The fourth-order valence-electron chi connectivity index (χ4n) is 3.60. The zero-order valence-electron chi connectivity index (χ0n) is 15.9. The third-order valence-corrected chi connectivity index (χ3v) is 4.92. The molecule has 1 atom stereocenters. The van der Waals surface area contributed by atoms with Gasteiger partial charge in [0.15, 0.2) is 5.78 Å². The number of likely N-dealkylation sites (tertiary alicyclic amines) is 1. The molecule has 1 aliphatic heterocycles. The van der Waals surface area contributed by atoms with Gasteiger partial charge in [-0.05, 0) is 69.6 Å². The Balaban J connectivity index is 1.79. The molecule has 0 saturated carbocycles. The van der Waals surface area contributed by atoms with Gasteiger partial charge in [0.05, 0.1) is 12.0 Å². The number of carbonyl (C=O) groups excluding carboxylic acids is 1. The van der Waals surface area contributed by atoms with Crippen molar-refractivity contribution in [1.82, 2.24) is 4.90 Å². The molecule has 26 heavy (non-hydrogen) atoms. The largest absolute Gasteiger partial charge is 0.491 e. The van der Waals surface area contributed by atoms with E-state index in [0.717, 1.165) is 36.5 Å². The van der Waals surface area contributed by atoms with E-state index in [4.69, 9.17) is 4.74 Å². The van der Waals surface area contributed by atoms with Gasteiger partial charge in [0.1, 0.15) is 5.75 Å². The number of nitrogens with zero attached hydrogens (tertiary/aromatic N) is 1. The summed E-state index contributed by atoms with van der Waals surface area (Å²) in [4.78, 5) is 15.7. The van der Waals surface area contributed by atoms with Crippen LogP contribution in [0, 0.1) is 0 Å². The van der Waals surface area contributed by atoms with Gasteiger partial charge in [0, 0.05) is 12.1 Å². The second-order valence-corrected chi connectivity index (χ2v) is 7.38. The lowest BCUT2D eigenvalue weighted by molar-refractivity contribution is 0.0925. The Morgan fingerprint density at radius 1 is 0.962 bits per heavy atom. The molecule has 0 aliphatic carbocycles. The molecule has 0 radical (unpaired) electrons. The molecule has 0 N–H and O–H groups in total. The minimum atomic E-state index is -0.119. The van der Waals surface area contributed by atoms with Crippen molar-refractivity contribution < 1.29 is 9.53 Å². The van der Waals surface area contributed by atoms with E-state index in [1.54, 1.807) is 0 Å². The minimum Gasteiger partial charge on any atom is -0.491 e. The molecule has 0 aromatic heterocycles. The molecular weight excluding hydrogens is 322 g/mol. The lowest BCUT2D eigenvalue weighted by atomic mass is 9.89. The molecule has 1 saturated heterocycles. The second kappa shape index (κ2) is 9.00. The summed E-state index contributed by atoms with van der Waals surface area (Å²) in [6.45, 7) is 6.99. The normalized spacial score (nSPS) is 16.4. The average Bonchev–Trinajstić information content (AvgIpc) is 2.67. The summed E-state index contributed by atoms with van der Waals surface area (Å²) in [5.74, 6) is 0.882. The molecule has 1 heterocycles. The van der Waals surface area contributed by atoms with E-state index in [1.807, 2.05) is 56.3 Å². The fourth-order valence-corrected chi connectivity index (χ4v) is 3.60. The van der Waals surface area contributed by atoms with Crippen LogP contribution >= 0.6 is 0 Å². The van der Waals surface area contributed by atoms with Gasteiger partial charge in [-0.2, -0.15) is 0 Å². The molecule has 138 valence electrons.